The monoisotopic (exact) mass is 358 g/mol. The molecular weight excluding hydrogens is 340 g/mol. The van der Waals surface area contributed by atoms with Gasteiger partial charge in [0.2, 0.25) is 0 Å². The van der Waals surface area contributed by atoms with E-state index in [9.17, 15) is 19.7 Å². The van der Waals surface area contributed by atoms with Crippen LogP contribution in [-0.2, 0) is 19.1 Å². The average molecular weight is 358 g/mol. The Balaban J connectivity index is 2.14. The van der Waals surface area contributed by atoms with Crippen LogP contribution in [0.5, 0.6) is 0 Å². The van der Waals surface area contributed by atoms with E-state index in [4.69, 9.17) is 9.47 Å². The maximum Gasteiger partial charge on any atom is 0.337 e. The summed E-state index contributed by atoms with van der Waals surface area (Å²) in [6, 6.07) is 5.81. The van der Waals surface area contributed by atoms with Crippen molar-refractivity contribution < 1.29 is 24.0 Å². The number of hydrogen-bond donors (Lipinski definition) is 1. The maximum atomic E-state index is 12.6. The van der Waals surface area contributed by atoms with Crippen LogP contribution in [0.3, 0.4) is 0 Å². The Morgan fingerprint density at radius 3 is 2.62 bits per heavy atom. The van der Waals surface area contributed by atoms with Gasteiger partial charge in [0.05, 0.1) is 34.3 Å². The molecule has 1 unspecified atom stereocenters. The van der Waals surface area contributed by atoms with Gasteiger partial charge in [0.15, 0.2) is 0 Å². The second-order valence-corrected chi connectivity index (χ2v) is 5.84. The Labute approximate surface area is 149 Å². The molecule has 2 aliphatic heterocycles. The van der Waals surface area contributed by atoms with E-state index in [2.05, 4.69) is 5.32 Å². The highest BCUT2D eigenvalue weighted by Crippen LogP contribution is 2.42. The van der Waals surface area contributed by atoms with E-state index in [1.54, 1.807) is 19.1 Å². The molecule has 0 saturated heterocycles. The van der Waals surface area contributed by atoms with Crippen LogP contribution in [-0.4, -0.2) is 30.1 Å². The van der Waals surface area contributed by atoms with Crippen LogP contribution < -0.4 is 5.32 Å². The molecule has 0 radical (unpaired) electrons. The third-order valence-corrected chi connectivity index (χ3v) is 4.38. The van der Waals surface area contributed by atoms with E-state index >= 15 is 0 Å². The average Bonchev–Trinajstić information content (AvgIpc) is 3.01. The van der Waals surface area contributed by atoms with Crippen LogP contribution in [0.4, 0.5) is 5.69 Å². The number of hydrogen-bond acceptors (Lipinski definition) is 7. The number of non-ortho nitro benzene ring substituents is 1. The Bertz CT molecular complexity index is 838. The Kier molecular flexibility index (Phi) is 4.75. The number of nitrogens with one attached hydrogen (secondary N) is 1. The zero-order valence-corrected chi connectivity index (χ0v) is 14.4. The molecule has 1 atom stereocenters. The number of nitro benzene ring substituents is 1. The van der Waals surface area contributed by atoms with Crippen molar-refractivity contribution in [2.45, 2.75) is 26.2 Å². The fourth-order valence-corrected chi connectivity index (χ4v) is 3.23. The third-order valence-electron chi connectivity index (χ3n) is 4.38. The number of ether oxygens (including phenoxy) is 2. The molecule has 0 amide bonds. The lowest BCUT2D eigenvalue weighted by atomic mass is 9.80. The van der Waals surface area contributed by atoms with Gasteiger partial charge in [-0.25, -0.2) is 9.59 Å². The molecule has 8 heteroatoms. The van der Waals surface area contributed by atoms with Crippen molar-refractivity contribution in [1.29, 1.82) is 0 Å². The van der Waals surface area contributed by atoms with Crippen molar-refractivity contribution in [3.8, 4) is 0 Å². The standard InChI is InChI=1S/C18H18N2O6/c1-3-12-15(17(21)25-4-2)14(16-13(19-12)9-26-18(16)22)10-5-7-11(8-6-10)20(23)24/h5-8,14,19H,3-4,9H2,1-2H3. The predicted molar refractivity (Wildman–Crippen MR) is 90.9 cm³/mol. The van der Waals surface area contributed by atoms with Gasteiger partial charge in [-0.2, -0.15) is 0 Å². The van der Waals surface area contributed by atoms with Crippen LogP contribution in [0.15, 0.2) is 46.8 Å². The Morgan fingerprint density at radius 2 is 2.04 bits per heavy atom. The highest BCUT2D eigenvalue weighted by molar-refractivity contribution is 6.01. The molecule has 8 nitrogen and oxygen atoms in total. The van der Waals surface area contributed by atoms with Crippen LogP contribution in [0, 0.1) is 10.1 Å². The minimum Gasteiger partial charge on any atom is -0.463 e. The van der Waals surface area contributed by atoms with Crippen molar-refractivity contribution in [2.75, 3.05) is 13.2 Å². The molecule has 2 heterocycles. The lowest BCUT2D eigenvalue weighted by Crippen LogP contribution is -2.31. The predicted octanol–water partition coefficient (Wildman–Crippen LogP) is 2.32. The van der Waals surface area contributed by atoms with Crippen molar-refractivity contribution in [1.82, 2.24) is 5.32 Å². The number of nitro groups is 1. The molecule has 0 bridgehead atoms. The molecule has 136 valence electrons. The summed E-state index contributed by atoms with van der Waals surface area (Å²) in [6.07, 6.45) is 0.530. The quantitative estimate of drug-likeness (QED) is 0.489. The fourth-order valence-electron chi connectivity index (χ4n) is 3.23. The van der Waals surface area contributed by atoms with Gasteiger partial charge in [-0.05, 0) is 18.9 Å². The SMILES string of the molecule is CCOC(=O)C1=C(CC)NC2=C(C(=O)OC2)C1c1ccc([N+](=O)[O-])cc1. The van der Waals surface area contributed by atoms with E-state index in [0.29, 0.717) is 34.5 Å². The highest BCUT2D eigenvalue weighted by Gasteiger charge is 2.42. The normalized spacial score (nSPS) is 19.0. The van der Waals surface area contributed by atoms with E-state index < -0.39 is 22.8 Å². The number of allylic oxidation sites excluding steroid dienone is 1. The first-order valence-electron chi connectivity index (χ1n) is 8.29. The fraction of sp³-hybridized carbons (Fsp3) is 0.333. The summed E-state index contributed by atoms with van der Waals surface area (Å²) in [7, 11) is 0. The minimum atomic E-state index is -0.684. The molecule has 26 heavy (non-hydrogen) atoms. The van der Waals surface area contributed by atoms with Crippen molar-refractivity contribution >= 4 is 17.6 Å². The molecule has 1 N–H and O–H groups in total. The smallest absolute Gasteiger partial charge is 0.337 e. The van der Waals surface area contributed by atoms with Gasteiger partial charge in [0, 0.05) is 17.8 Å². The number of benzene rings is 1. The van der Waals surface area contributed by atoms with Crippen LogP contribution in [0.1, 0.15) is 31.7 Å². The van der Waals surface area contributed by atoms with Crippen LogP contribution in [0.2, 0.25) is 0 Å². The highest BCUT2D eigenvalue weighted by atomic mass is 16.6. The zero-order valence-electron chi connectivity index (χ0n) is 14.4. The molecule has 0 aliphatic carbocycles. The summed E-state index contributed by atoms with van der Waals surface area (Å²) < 4.78 is 10.3. The largest absolute Gasteiger partial charge is 0.463 e. The number of esters is 2. The van der Waals surface area contributed by atoms with Crippen LogP contribution >= 0.6 is 0 Å². The molecule has 0 fully saturated rings. The molecule has 0 aromatic heterocycles. The Morgan fingerprint density at radius 1 is 1.35 bits per heavy atom. The second kappa shape index (κ2) is 6.99. The molecule has 1 aromatic carbocycles. The lowest BCUT2D eigenvalue weighted by Gasteiger charge is -2.28. The molecule has 2 aliphatic rings. The first kappa shape index (κ1) is 17.7. The molecule has 0 saturated carbocycles. The van der Waals surface area contributed by atoms with Crippen molar-refractivity contribution in [3.05, 3.63) is 62.5 Å². The number of nitrogens with zero attached hydrogens (tertiary/aromatic N) is 1. The van der Waals surface area contributed by atoms with E-state index in [1.807, 2.05) is 6.92 Å². The van der Waals surface area contributed by atoms with E-state index in [1.165, 1.54) is 12.1 Å². The molecule has 1 aromatic rings. The second-order valence-electron chi connectivity index (χ2n) is 5.84. The topological polar surface area (TPSA) is 108 Å². The summed E-state index contributed by atoms with van der Waals surface area (Å²) in [5.41, 5.74) is 2.48. The maximum absolute atomic E-state index is 12.6. The zero-order chi connectivity index (χ0) is 18.8. The van der Waals surface area contributed by atoms with Gasteiger partial charge in [0.25, 0.3) is 5.69 Å². The molecular formula is C18H18N2O6. The molecule has 0 spiro atoms. The molecule has 3 rings (SSSR count). The van der Waals surface area contributed by atoms with Crippen molar-refractivity contribution in [2.24, 2.45) is 0 Å². The summed E-state index contributed by atoms with van der Waals surface area (Å²) in [4.78, 5) is 35.3. The van der Waals surface area contributed by atoms with Gasteiger partial charge < -0.3 is 14.8 Å². The summed E-state index contributed by atoms with van der Waals surface area (Å²) >= 11 is 0. The van der Waals surface area contributed by atoms with E-state index in [-0.39, 0.29) is 18.9 Å². The van der Waals surface area contributed by atoms with Gasteiger partial charge >= 0.3 is 11.9 Å². The Hall–Kier alpha value is -3.16. The van der Waals surface area contributed by atoms with Gasteiger partial charge in [-0.3, -0.25) is 10.1 Å². The third kappa shape index (κ3) is 2.94. The first-order valence-corrected chi connectivity index (χ1v) is 8.29. The minimum absolute atomic E-state index is 0.0664. The summed E-state index contributed by atoms with van der Waals surface area (Å²) in [5, 5.41) is 14.0. The van der Waals surface area contributed by atoms with Crippen molar-refractivity contribution in [3.63, 3.8) is 0 Å². The van der Waals surface area contributed by atoms with Gasteiger partial charge in [-0.15, -0.1) is 0 Å². The number of dihydropyridines is 1. The number of carbonyl (C=O) groups excluding carboxylic acids is 2. The van der Waals surface area contributed by atoms with Gasteiger partial charge in [0.1, 0.15) is 6.61 Å². The summed E-state index contributed by atoms with van der Waals surface area (Å²) in [5.74, 6) is -1.71. The number of cyclic esters (lactones) is 1. The first-order chi connectivity index (χ1) is 12.5. The van der Waals surface area contributed by atoms with Crippen LogP contribution in [0.25, 0.3) is 0 Å². The number of carbonyl (C=O) groups is 2. The van der Waals surface area contributed by atoms with E-state index in [0.717, 1.165) is 0 Å². The lowest BCUT2D eigenvalue weighted by molar-refractivity contribution is -0.384. The van der Waals surface area contributed by atoms with Gasteiger partial charge in [-0.1, -0.05) is 19.1 Å². The number of rotatable bonds is 5. The summed E-state index contributed by atoms with van der Waals surface area (Å²) in [6.45, 7) is 3.90.